The molecule has 3 aromatic heterocycles. The minimum absolute atomic E-state index is 0.201. The van der Waals surface area contributed by atoms with Crippen LogP contribution in [0.2, 0.25) is 0 Å². The largest absolute Gasteiger partial charge is 0.467 e. The fourth-order valence-corrected chi connectivity index (χ4v) is 3.13. The van der Waals surface area contributed by atoms with E-state index >= 15 is 0 Å². The van der Waals surface area contributed by atoms with Crippen molar-refractivity contribution in [1.82, 2.24) is 19.7 Å². The van der Waals surface area contributed by atoms with Gasteiger partial charge in [0.1, 0.15) is 11.8 Å². The van der Waals surface area contributed by atoms with Crippen LogP contribution < -0.4 is 5.32 Å². The van der Waals surface area contributed by atoms with Gasteiger partial charge in [0.25, 0.3) is 0 Å². The fraction of sp³-hybridized carbons (Fsp3) is 0.353. The third-order valence-corrected chi connectivity index (χ3v) is 4.38. The van der Waals surface area contributed by atoms with E-state index in [2.05, 4.69) is 15.4 Å². The molecule has 1 atom stereocenters. The summed E-state index contributed by atoms with van der Waals surface area (Å²) in [5.74, 6) is 0.714. The molecule has 4 heterocycles. The Hall–Kier alpha value is -2.87. The number of amides is 2. The van der Waals surface area contributed by atoms with Gasteiger partial charge in [0.15, 0.2) is 5.65 Å². The van der Waals surface area contributed by atoms with Crippen molar-refractivity contribution in [1.29, 1.82) is 0 Å². The van der Waals surface area contributed by atoms with E-state index in [1.54, 1.807) is 22.0 Å². The highest BCUT2D eigenvalue weighted by atomic mass is 16.5. The Morgan fingerprint density at radius 3 is 3.12 bits per heavy atom. The predicted molar refractivity (Wildman–Crippen MR) is 91.2 cm³/mol. The molecular weight excluding hydrogens is 322 g/mol. The fourth-order valence-electron chi connectivity index (χ4n) is 3.13. The summed E-state index contributed by atoms with van der Waals surface area (Å²) >= 11 is 0. The molecule has 0 spiro atoms. The zero-order chi connectivity index (χ0) is 17.4. The SMILES string of the molecule is Cc1nn(C)c2ncc(NC(=O)N3CCOCC3c3ccco3)cc12. The number of nitrogens with zero attached hydrogens (tertiary/aromatic N) is 4. The third kappa shape index (κ3) is 2.85. The molecule has 1 N–H and O–H groups in total. The highest BCUT2D eigenvalue weighted by Crippen LogP contribution is 2.26. The summed E-state index contributed by atoms with van der Waals surface area (Å²) in [7, 11) is 1.85. The number of rotatable bonds is 2. The van der Waals surface area contributed by atoms with Gasteiger partial charge in [-0.2, -0.15) is 5.10 Å². The smallest absolute Gasteiger partial charge is 0.322 e. The van der Waals surface area contributed by atoms with E-state index in [0.29, 0.717) is 31.2 Å². The van der Waals surface area contributed by atoms with Crippen LogP contribution >= 0.6 is 0 Å². The first kappa shape index (κ1) is 15.6. The summed E-state index contributed by atoms with van der Waals surface area (Å²) in [5.41, 5.74) is 2.30. The van der Waals surface area contributed by atoms with Gasteiger partial charge in [0.2, 0.25) is 0 Å². The molecule has 0 saturated carbocycles. The predicted octanol–water partition coefficient (Wildman–Crippen LogP) is 2.48. The lowest BCUT2D eigenvalue weighted by atomic mass is 10.2. The molecule has 1 unspecified atom stereocenters. The maximum absolute atomic E-state index is 12.8. The Kier molecular flexibility index (Phi) is 3.89. The molecule has 0 bridgehead atoms. The maximum atomic E-state index is 12.8. The first-order valence-electron chi connectivity index (χ1n) is 8.11. The van der Waals surface area contributed by atoms with Crippen LogP contribution in [0.3, 0.4) is 0 Å². The van der Waals surface area contributed by atoms with Gasteiger partial charge in [-0.15, -0.1) is 0 Å². The highest BCUT2D eigenvalue weighted by molar-refractivity contribution is 5.92. The van der Waals surface area contributed by atoms with Crippen LogP contribution in [0.4, 0.5) is 10.5 Å². The topological polar surface area (TPSA) is 85.4 Å². The van der Waals surface area contributed by atoms with Crippen LogP contribution in [0.25, 0.3) is 11.0 Å². The third-order valence-electron chi connectivity index (χ3n) is 4.38. The minimum atomic E-state index is -0.236. The lowest BCUT2D eigenvalue weighted by Gasteiger charge is -2.34. The normalized spacial score (nSPS) is 17.8. The minimum Gasteiger partial charge on any atom is -0.467 e. The Morgan fingerprint density at radius 2 is 2.32 bits per heavy atom. The molecule has 3 aromatic rings. The molecule has 2 amide bonds. The van der Waals surface area contributed by atoms with Crippen LogP contribution in [0, 0.1) is 6.92 Å². The quantitative estimate of drug-likeness (QED) is 0.774. The van der Waals surface area contributed by atoms with Crippen LogP contribution in [-0.4, -0.2) is 45.5 Å². The van der Waals surface area contributed by atoms with Crippen LogP contribution in [-0.2, 0) is 11.8 Å². The first-order chi connectivity index (χ1) is 12.1. The van der Waals surface area contributed by atoms with Crippen LogP contribution in [0.15, 0.2) is 35.1 Å². The Labute approximate surface area is 144 Å². The van der Waals surface area contributed by atoms with E-state index in [-0.39, 0.29) is 12.1 Å². The van der Waals surface area contributed by atoms with Crippen molar-refractivity contribution in [2.75, 3.05) is 25.1 Å². The molecule has 0 aliphatic carbocycles. The maximum Gasteiger partial charge on any atom is 0.322 e. The van der Waals surface area contributed by atoms with E-state index in [0.717, 1.165) is 16.7 Å². The van der Waals surface area contributed by atoms with Crippen LogP contribution in [0.5, 0.6) is 0 Å². The monoisotopic (exact) mass is 341 g/mol. The summed E-state index contributed by atoms with van der Waals surface area (Å²) in [4.78, 5) is 18.9. The van der Waals surface area contributed by atoms with Crippen molar-refractivity contribution in [3.05, 3.63) is 42.1 Å². The van der Waals surface area contributed by atoms with Crippen molar-refractivity contribution in [3.8, 4) is 0 Å². The van der Waals surface area contributed by atoms with Gasteiger partial charge in [0, 0.05) is 19.0 Å². The molecule has 8 heteroatoms. The summed E-state index contributed by atoms with van der Waals surface area (Å²) < 4.78 is 12.7. The number of carbonyl (C=O) groups is 1. The lowest BCUT2D eigenvalue weighted by molar-refractivity contribution is 0.00734. The van der Waals surface area contributed by atoms with Crippen molar-refractivity contribution in [3.63, 3.8) is 0 Å². The number of hydrogen-bond acceptors (Lipinski definition) is 5. The molecule has 1 aliphatic rings. The van der Waals surface area contributed by atoms with Gasteiger partial charge in [-0.1, -0.05) is 0 Å². The van der Waals surface area contributed by atoms with E-state index in [1.165, 1.54) is 0 Å². The van der Waals surface area contributed by atoms with Gasteiger partial charge < -0.3 is 19.4 Å². The van der Waals surface area contributed by atoms with Crippen molar-refractivity contribution < 1.29 is 13.9 Å². The molecule has 25 heavy (non-hydrogen) atoms. The van der Waals surface area contributed by atoms with E-state index in [1.807, 2.05) is 32.2 Å². The van der Waals surface area contributed by atoms with Gasteiger partial charge in [-0.25, -0.2) is 9.78 Å². The molecule has 0 aromatic carbocycles. The number of carbonyl (C=O) groups excluding carboxylic acids is 1. The number of hydrogen-bond donors (Lipinski definition) is 1. The average molecular weight is 341 g/mol. The molecule has 4 rings (SSSR count). The second-order valence-electron chi connectivity index (χ2n) is 6.03. The molecule has 1 aliphatic heterocycles. The van der Waals surface area contributed by atoms with Gasteiger partial charge in [-0.3, -0.25) is 4.68 Å². The zero-order valence-electron chi connectivity index (χ0n) is 14.1. The number of nitrogens with one attached hydrogen (secondary N) is 1. The van der Waals surface area contributed by atoms with Crippen molar-refractivity contribution in [2.45, 2.75) is 13.0 Å². The lowest BCUT2D eigenvalue weighted by Crippen LogP contribution is -2.45. The van der Waals surface area contributed by atoms with Gasteiger partial charge in [0.05, 0.1) is 37.1 Å². The summed E-state index contributed by atoms with van der Waals surface area (Å²) in [6.07, 6.45) is 3.24. The second kappa shape index (κ2) is 6.21. The number of morpholine rings is 1. The molecule has 130 valence electrons. The molecular formula is C17H19N5O3. The highest BCUT2D eigenvalue weighted by Gasteiger charge is 2.30. The average Bonchev–Trinajstić information content (AvgIpc) is 3.24. The Balaban J connectivity index is 1.57. The van der Waals surface area contributed by atoms with E-state index < -0.39 is 0 Å². The number of aryl methyl sites for hydroxylation is 2. The van der Waals surface area contributed by atoms with Crippen molar-refractivity contribution in [2.24, 2.45) is 7.05 Å². The van der Waals surface area contributed by atoms with Crippen LogP contribution in [0.1, 0.15) is 17.5 Å². The van der Waals surface area contributed by atoms with Gasteiger partial charge in [-0.05, 0) is 25.1 Å². The van der Waals surface area contributed by atoms with E-state index in [4.69, 9.17) is 9.15 Å². The second-order valence-corrected chi connectivity index (χ2v) is 6.03. The summed E-state index contributed by atoms with van der Waals surface area (Å²) in [6, 6.07) is 5.12. The number of ether oxygens (including phenoxy) is 1. The number of urea groups is 1. The first-order valence-corrected chi connectivity index (χ1v) is 8.11. The Bertz CT molecular complexity index is 903. The zero-order valence-corrected chi connectivity index (χ0v) is 14.1. The summed E-state index contributed by atoms with van der Waals surface area (Å²) in [6.45, 7) is 3.34. The molecule has 8 nitrogen and oxygen atoms in total. The number of fused-ring (bicyclic) bond motifs is 1. The number of anilines is 1. The summed E-state index contributed by atoms with van der Waals surface area (Å²) in [5, 5.41) is 8.19. The Morgan fingerprint density at radius 1 is 1.44 bits per heavy atom. The van der Waals surface area contributed by atoms with E-state index in [9.17, 15) is 4.79 Å². The molecule has 1 saturated heterocycles. The number of furan rings is 1. The number of aromatic nitrogens is 3. The molecule has 0 radical (unpaired) electrons. The molecule has 1 fully saturated rings. The van der Waals surface area contributed by atoms with Crippen molar-refractivity contribution >= 4 is 22.8 Å². The van der Waals surface area contributed by atoms with Gasteiger partial charge >= 0.3 is 6.03 Å². The number of pyridine rings is 1. The standard InChI is InChI=1S/C17H19N5O3/c1-11-13-8-12(9-18-16(13)21(2)20-11)19-17(23)22-5-7-24-10-14(22)15-4-3-6-25-15/h3-4,6,8-9,14H,5,7,10H2,1-2H3,(H,19,23).